The van der Waals surface area contributed by atoms with Gasteiger partial charge in [-0.25, -0.2) is 22.3 Å². The zero-order valence-corrected chi connectivity index (χ0v) is 17.8. The molecular formula is C20H28FN3O5S. The number of halogens is 1. The molecule has 1 saturated carbocycles. The van der Waals surface area contributed by atoms with Crippen molar-refractivity contribution in [2.75, 3.05) is 25.4 Å². The Balaban J connectivity index is 1.42. The number of nitrogens with zero attached hydrogens (tertiary/aromatic N) is 1. The summed E-state index contributed by atoms with van der Waals surface area (Å²) in [4.78, 5) is 24.0. The van der Waals surface area contributed by atoms with E-state index in [1.165, 1.54) is 17.0 Å². The SMILES string of the molecule is C[C@H](NS(=O)(=O)CCCCCN1CC(=O)NC1=O)c1cc(F)cc(OCC2CC2)c1. The fourth-order valence-corrected chi connectivity index (χ4v) is 4.62. The fraction of sp³-hybridized carbons (Fsp3) is 0.600. The Hall–Kier alpha value is -2.20. The van der Waals surface area contributed by atoms with E-state index in [2.05, 4.69) is 10.0 Å². The van der Waals surface area contributed by atoms with E-state index in [9.17, 15) is 22.4 Å². The summed E-state index contributed by atoms with van der Waals surface area (Å²) in [5.74, 6) is 0.0939. The lowest BCUT2D eigenvalue weighted by atomic mass is 10.1. The van der Waals surface area contributed by atoms with Crippen LogP contribution in [0.25, 0.3) is 0 Å². The van der Waals surface area contributed by atoms with Crippen molar-refractivity contribution in [2.45, 2.75) is 45.1 Å². The van der Waals surface area contributed by atoms with E-state index in [1.807, 2.05) is 0 Å². The number of amides is 3. The summed E-state index contributed by atoms with van der Waals surface area (Å²) in [6.45, 7) is 2.68. The Morgan fingerprint density at radius 3 is 2.67 bits per heavy atom. The van der Waals surface area contributed by atoms with Gasteiger partial charge in [0.25, 0.3) is 0 Å². The average Bonchev–Trinajstić information content (AvgIpc) is 3.43. The minimum Gasteiger partial charge on any atom is -0.493 e. The van der Waals surface area contributed by atoms with Gasteiger partial charge in [-0.3, -0.25) is 10.1 Å². The van der Waals surface area contributed by atoms with E-state index in [-0.39, 0.29) is 18.2 Å². The quantitative estimate of drug-likeness (QED) is 0.383. The molecule has 1 atom stereocenters. The summed E-state index contributed by atoms with van der Waals surface area (Å²) in [5.41, 5.74) is 0.508. The second-order valence-corrected chi connectivity index (χ2v) is 9.84. The van der Waals surface area contributed by atoms with E-state index in [4.69, 9.17) is 4.74 Å². The second-order valence-electron chi connectivity index (χ2n) is 7.97. The first-order valence-corrected chi connectivity index (χ1v) is 11.9. The monoisotopic (exact) mass is 441 g/mol. The molecule has 0 bridgehead atoms. The topological polar surface area (TPSA) is 105 Å². The Bertz CT molecular complexity index is 888. The third-order valence-electron chi connectivity index (χ3n) is 5.14. The number of unbranched alkanes of at least 4 members (excludes halogenated alkanes) is 2. The summed E-state index contributed by atoms with van der Waals surface area (Å²) in [6.07, 6.45) is 3.89. The Labute approximate surface area is 176 Å². The highest BCUT2D eigenvalue weighted by Gasteiger charge is 2.26. The molecule has 1 aliphatic carbocycles. The molecule has 2 N–H and O–H groups in total. The van der Waals surface area contributed by atoms with Crippen molar-refractivity contribution in [1.82, 2.24) is 14.9 Å². The molecule has 10 heteroatoms. The number of hydrogen-bond donors (Lipinski definition) is 2. The predicted octanol–water partition coefficient (Wildman–Crippen LogP) is 2.32. The van der Waals surface area contributed by atoms with Gasteiger partial charge in [-0.2, -0.15) is 0 Å². The van der Waals surface area contributed by atoms with Gasteiger partial charge in [0, 0.05) is 18.7 Å². The molecule has 1 heterocycles. The molecule has 30 heavy (non-hydrogen) atoms. The number of carbonyl (C=O) groups excluding carboxylic acids is 2. The molecule has 1 aromatic rings. The van der Waals surface area contributed by atoms with E-state index in [0.717, 1.165) is 12.8 Å². The van der Waals surface area contributed by atoms with Crippen LogP contribution in [0.4, 0.5) is 9.18 Å². The Kier molecular flexibility index (Phi) is 7.30. The molecule has 1 aromatic carbocycles. The van der Waals surface area contributed by atoms with Crippen LogP contribution in [0.2, 0.25) is 0 Å². The van der Waals surface area contributed by atoms with Crippen molar-refractivity contribution < 1.29 is 27.1 Å². The molecule has 0 unspecified atom stereocenters. The van der Waals surface area contributed by atoms with Crippen LogP contribution < -0.4 is 14.8 Å². The molecule has 2 aliphatic rings. The number of rotatable bonds is 12. The third kappa shape index (κ3) is 6.94. The zero-order chi connectivity index (χ0) is 21.7. The van der Waals surface area contributed by atoms with Gasteiger partial charge in [-0.1, -0.05) is 6.42 Å². The highest BCUT2D eigenvalue weighted by Crippen LogP contribution is 2.30. The lowest BCUT2D eigenvalue weighted by Crippen LogP contribution is -2.30. The van der Waals surface area contributed by atoms with Crippen LogP contribution >= 0.6 is 0 Å². The summed E-state index contributed by atoms with van der Waals surface area (Å²) in [5, 5.41) is 2.20. The van der Waals surface area contributed by atoms with Crippen molar-refractivity contribution >= 4 is 22.0 Å². The normalized spacial score (nSPS) is 17.9. The minimum absolute atomic E-state index is 0.0518. The second kappa shape index (κ2) is 9.74. The van der Waals surface area contributed by atoms with Gasteiger partial charge in [0.1, 0.15) is 18.1 Å². The largest absolute Gasteiger partial charge is 0.493 e. The lowest BCUT2D eigenvalue weighted by Gasteiger charge is -2.16. The van der Waals surface area contributed by atoms with E-state index in [1.54, 1.807) is 13.0 Å². The minimum atomic E-state index is -3.55. The number of benzene rings is 1. The van der Waals surface area contributed by atoms with Gasteiger partial charge in [-0.15, -0.1) is 0 Å². The van der Waals surface area contributed by atoms with Crippen molar-refractivity contribution in [2.24, 2.45) is 5.92 Å². The number of sulfonamides is 1. The molecule has 3 rings (SSSR count). The van der Waals surface area contributed by atoms with Crippen LogP contribution in [-0.4, -0.2) is 50.7 Å². The molecule has 8 nitrogen and oxygen atoms in total. The number of nitrogens with one attached hydrogen (secondary N) is 2. The summed E-state index contributed by atoms with van der Waals surface area (Å²) < 4.78 is 46.8. The van der Waals surface area contributed by atoms with Crippen LogP contribution in [0.3, 0.4) is 0 Å². The highest BCUT2D eigenvalue weighted by molar-refractivity contribution is 7.89. The van der Waals surface area contributed by atoms with Crippen molar-refractivity contribution in [1.29, 1.82) is 0 Å². The highest BCUT2D eigenvalue weighted by atomic mass is 32.2. The van der Waals surface area contributed by atoms with Crippen molar-refractivity contribution in [3.8, 4) is 5.75 Å². The number of urea groups is 1. The Morgan fingerprint density at radius 2 is 2.00 bits per heavy atom. The smallest absolute Gasteiger partial charge is 0.324 e. The van der Waals surface area contributed by atoms with E-state index in [0.29, 0.717) is 49.6 Å². The predicted molar refractivity (Wildman–Crippen MR) is 109 cm³/mol. The van der Waals surface area contributed by atoms with Gasteiger partial charge in [0.05, 0.1) is 12.4 Å². The first kappa shape index (κ1) is 22.5. The molecule has 0 aromatic heterocycles. The third-order valence-corrected chi connectivity index (χ3v) is 6.68. The standard InChI is InChI=1S/C20H28FN3O5S/c1-14(16-9-17(21)11-18(10-16)29-13-15-5-6-15)23-30(27,28)8-4-2-3-7-24-12-19(25)22-20(24)26/h9-11,14-15,23H,2-8,12-13H2,1H3,(H,22,25,26)/t14-/m0/s1. The maximum atomic E-state index is 13.9. The fourth-order valence-electron chi connectivity index (χ4n) is 3.25. The molecule has 1 saturated heterocycles. The lowest BCUT2D eigenvalue weighted by molar-refractivity contribution is -0.118. The van der Waals surface area contributed by atoms with Gasteiger partial charge in [0.15, 0.2) is 0 Å². The molecule has 2 fully saturated rings. The first-order chi connectivity index (χ1) is 14.2. The molecule has 0 spiro atoms. The molecule has 1 aliphatic heterocycles. The van der Waals surface area contributed by atoms with Gasteiger partial charge in [-0.05, 0) is 56.2 Å². The molecule has 166 valence electrons. The van der Waals surface area contributed by atoms with Gasteiger partial charge in [0.2, 0.25) is 15.9 Å². The zero-order valence-electron chi connectivity index (χ0n) is 17.0. The summed E-state index contributed by atoms with van der Waals surface area (Å²) in [6, 6.07) is 3.29. The van der Waals surface area contributed by atoms with Crippen LogP contribution in [0.5, 0.6) is 5.75 Å². The van der Waals surface area contributed by atoms with Gasteiger partial charge >= 0.3 is 6.03 Å². The number of carbonyl (C=O) groups is 2. The van der Waals surface area contributed by atoms with E-state index >= 15 is 0 Å². The maximum Gasteiger partial charge on any atom is 0.324 e. The molecule has 0 radical (unpaired) electrons. The summed E-state index contributed by atoms with van der Waals surface area (Å²) in [7, 11) is -3.55. The van der Waals surface area contributed by atoms with E-state index < -0.39 is 27.9 Å². The van der Waals surface area contributed by atoms with Crippen molar-refractivity contribution in [3.05, 3.63) is 29.6 Å². The average molecular weight is 442 g/mol. The maximum absolute atomic E-state index is 13.9. The van der Waals surface area contributed by atoms with Crippen molar-refractivity contribution in [3.63, 3.8) is 0 Å². The molecule has 3 amide bonds. The Morgan fingerprint density at radius 1 is 1.23 bits per heavy atom. The van der Waals surface area contributed by atoms with Crippen LogP contribution in [0.15, 0.2) is 18.2 Å². The first-order valence-electron chi connectivity index (χ1n) is 10.2. The van der Waals surface area contributed by atoms with Crippen LogP contribution in [-0.2, 0) is 14.8 Å². The van der Waals surface area contributed by atoms with Gasteiger partial charge < -0.3 is 9.64 Å². The number of ether oxygens (including phenoxy) is 1. The molecular weight excluding hydrogens is 413 g/mol. The number of imide groups is 1. The summed E-state index contributed by atoms with van der Waals surface area (Å²) >= 11 is 0. The van der Waals surface area contributed by atoms with Crippen LogP contribution in [0, 0.1) is 11.7 Å². The number of hydrogen-bond acceptors (Lipinski definition) is 5. The van der Waals surface area contributed by atoms with Crippen LogP contribution in [0.1, 0.15) is 50.6 Å².